The molecule has 0 saturated heterocycles. The Hall–Kier alpha value is -2.61. The molecule has 2 nitrogen and oxygen atoms in total. The first-order chi connectivity index (χ1) is 11.6. The Bertz CT molecular complexity index is 1070. The lowest BCUT2D eigenvalue weighted by molar-refractivity contribution is -0.660. The Morgan fingerprint density at radius 2 is 1.75 bits per heavy atom. The molecule has 120 valence electrons. The quantitative estimate of drug-likeness (QED) is 0.461. The minimum absolute atomic E-state index is 0.952. The van der Waals surface area contributed by atoms with E-state index in [2.05, 4.69) is 68.9 Å². The summed E-state index contributed by atoms with van der Waals surface area (Å²) in [6.45, 7) is 6.53. The third kappa shape index (κ3) is 2.14. The van der Waals surface area contributed by atoms with E-state index in [0.29, 0.717) is 0 Å². The molecule has 0 spiro atoms. The van der Waals surface area contributed by atoms with Crippen molar-refractivity contribution >= 4 is 21.9 Å². The summed E-state index contributed by atoms with van der Waals surface area (Å²) in [5, 5.41) is 2.37. The number of furan rings is 1. The van der Waals surface area contributed by atoms with Gasteiger partial charge >= 0.3 is 0 Å². The second-order valence-corrected chi connectivity index (χ2v) is 6.56. The van der Waals surface area contributed by atoms with Gasteiger partial charge in [0.25, 0.3) is 0 Å². The first-order valence-corrected chi connectivity index (χ1v) is 8.50. The molecule has 0 amide bonds. The van der Waals surface area contributed by atoms with Crippen LogP contribution in [-0.2, 0) is 13.5 Å². The molecule has 0 fully saturated rings. The Morgan fingerprint density at radius 1 is 0.958 bits per heavy atom. The van der Waals surface area contributed by atoms with Gasteiger partial charge in [0.15, 0.2) is 6.20 Å². The Morgan fingerprint density at radius 3 is 2.54 bits per heavy atom. The molecule has 0 bridgehead atoms. The number of nitrogens with zero attached hydrogens (tertiary/aromatic N) is 1. The third-order valence-corrected chi connectivity index (χ3v) is 5.01. The number of benzene rings is 2. The van der Waals surface area contributed by atoms with Crippen molar-refractivity contribution in [1.82, 2.24) is 0 Å². The van der Waals surface area contributed by atoms with E-state index in [4.69, 9.17) is 4.42 Å². The summed E-state index contributed by atoms with van der Waals surface area (Å²) >= 11 is 0. The Kier molecular flexibility index (Phi) is 3.42. The molecular weight excluding hydrogens is 294 g/mol. The molecule has 0 unspecified atom stereocenters. The summed E-state index contributed by atoms with van der Waals surface area (Å²) in [5.41, 5.74) is 8.30. The highest BCUT2D eigenvalue weighted by Gasteiger charge is 2.22. The topological polar surface area (TPSA) is 17.0 Å². The molecule has 0 atom stereocenters. The molecule has 0 radical (unpaired) electrons. The number of hydrogen-bond donors (Lipinski definition) is 0. The molecule has 0 aliphatic rings. The molecule has 4 rings (SSSR count). The monoisotopic (exact) mass is 316 g/mol. The predicted octanol–water partition coefficient (Wildman–Crippen LogP) is 5.26. The van der Waals surface area contributed by atoms with Gasteiger partial charge in [0.1, 0.15) is 18.2 Å². The predicted molar refractivity (Wildman–Crippen MR) is 99.2 cm³/mol. The fraction of sp³-hybridized carbons (Fsp3) is 0.227. The second-order valence-electron chi connectivity index (χ2n) is 6.56. The zero-order chi connectivity index (χ0) is 16.8. The largest absolute Gasteiger partial charge is 0.455 e. The SMILES string of the molecule is CCc1ccc2c(oc3ccccc32)c1-c1cc(C)c(C)c[n+]1C. The van der Waals surface area contributed by atoms with Crippen molar-refractivity contribution < 1.29 is 8.98 Å². The van der Waals surface area contributed by atoms with Crippen LogP contribution in [-0.4, -0.2) is 0 Å². The number of aromatic nitrogens is 1. The molecule has 0 saturated carbocycles. The van der Waals surface area contributed by atoms with Crippen LogP contribution >= 0.6 is 0 Å². The lowest BCUT2D eigenvalue weighted by atomic mass is 9.97. The molecular formula is C22H22NO+. The molecule has 2 aromatic heterocycles. The van der Waals surface area contributed by atoms with Crippen LogP contribution in [0.2, 0.25) is 0 Å². The van der Waals surface area contributed by atoms with Crippen LogP contribution in [0.3, 0.4) is 0 Å². The summed E-state index contributed by atoms with van der Waals surface area (Å²) in [6, 6.07) is 15.0. The molecule has 2 aromatic carbocycles. The number of fused-ring (bicyclic) bond motifs is 3. The Labute approximate surface area is 142 Å². The van der Waals surface area contributed by atoms with Crippen LogP contribution < -0.4 is 4.57 Å². The summed E-state index contributed by atoms with van der Waals surface area (Å²) in [5.74, 6) is 0. The van der Waals surface area contributed by atoms with E-state index in [9.17, 15) is 0 Å². The zero-order valence-electron chi connectivity index (χ0n) is 14.7. The Balaban J connectivity index is 2.15. The highest BCUT2D eigenvalue weighted by Crippen LogP contribution is 2.37. The van der Waals surface area contributed by atoms with E-state index in [1.54, 1.807) is 0 Å². The lowest BCUT2D eigenvalue weighted by Gasteiger charge is -2.09. The fourth-order valence-electron chi connectivity index (χ4n) is 3.54. The van der Waals surface area contributed by atoms with Gasteiger partial charge in [-0.15, -0.1) is 0 Å². The van der Waals surface area contributed by atoms with Crippen molar-refractivity contribution in [3.05, 3.63) is 65.4 Å². The molecule has 0 aliphatic heterocycles. The van der Waals surface area contributed by atoms with Gasteiger partial charge in [-0.3, -0.25) is 0 Å². The van der Waals surface area contributed by atoms with Gasteiger partial charge < -0.3 is 4.42 Å². The maximum atomic E-state index is 6.29. The highest BCUT2D eigenvalue weighted by atomic mass is 16.3. The standard InChI is InChI=1S/C22H22NO/c1-5-16-10-11-18-17-8-6-7-9-20(17)24-22(18)21(16)19-12-14(2)15(3)13-23(19)4/h6-13H,5H2,1-4H3/q+1. The van der Waals surface area contributed by atoms with Gasteiger partial charge in [0.05, 0.1) is 5.56 Å². The van der Waals surface area contributed by atoms with Crippen LogP contribution in [0.1, 0.15) is 23.6 Å². The molecule has 2 heteroatoms. The molecule has 0 aliphatic carbocycles. The fourth-order valence-corrected chi connectivity index (χ4v) is 3.54. The number of pyridine rings is 1. The van der Waals surface area contributed by atoms with Crippen molar-refractivity contribution in [1.29, 1.82) is 0 Å². The lowest BCUT2D eigenvalue weighted by Crippen LogP contribution is -2.31. The molecule has 24 heavy (non-hydrogen) atoms. The second kappa shape index (κ2) is 5.48. The van der Waals surface area contributed by atoms with Gasteiger partial charge in [-0.1, -0.05) is 37.3 Å². The van der Waals surface area contributed by atoms with Crippen LogP contribution in [0.5, 0.6) is 0 Å². The minimum Gasteiger partial charge on any atom is -0.455 e. The smallest absolute Gasteiger partial charge is 0.216 e. The average Bonchev–Trinajstić information content (AvgIpc) is 2.96. The van der Waals surface area contributed by atoms with Crippen molar-refractivity contribution in [2.24, 2.45) is 7.05 Å². The van der Waals surface area contributed by atoms with Gasteiger partial charge in [-0.25, -0.2) is 4.57 Å². The van der Waals surface area contributed by atoms with Crippen LogP contribution in [0.25, 0.3) is 33.2 Å². The van der Waals surface area contributed by atoms with Crippen molar-refractivity contribution in [2.45, 2.75) is 27.2 Å². The van der Waals surface area contributed by atoms with E-state index in [0.717, 1.165) is 17.6 Å². The summed E-state index contributed by atoms with van der Waals surface area (Å²) in [4.78, 5) is 0. The summed E-state index contributed by atoms with van der Waals surface area (Å²) < 4.78 is 8.50. The van der Waals surface area contributed by atoms with Crippen LogP contribution in [0.4, 0.5) is 0 Å². The maximum Gasteiger partial charge on any atom is 0.216 e. The molecule has 2 heterocycles. The van der Waals surface area contributed by atoms with Gasteiger partial charge in [-0.05, 0) is 37.5 Å². The van der Waals surface area contributed by atoms with Crippen molar-refractivity contribution in [2.75, 3.05) is 0 Å². The van der Waals surface area contributed by atoms with Crippen LogP contribution in [0, 0.1) is 13.8 Å². The summed E-state index contributed by atoms with van der Waals surface area (Å²) in [6.07, 6.45) is 3.18. The first kappa shape index (κ1) is 14.9. The first-order valence-electron chi connectivity index (χ1n) is 8.50. The van der Waals surface area contributed by atoms with Gasteiger partial charge in [0.2, 0.25) is 5.69 Å². The van der Waals surface area contributed by atoms with Gasteiger partial charge in [-0.2, -0.15) is 0 Å². The normalized spacial score (nSPS) is 11.5. The van der Waals surface area contributed by atoms with Crippen LogP contribution in [0.15, 0.2) is 53.1 Å². The number of aryl methyl sites for hydroxylation is 4. The molecule has 4 aromatic rings. The molecule has 0 N–H and O–H groups in total. The zero-order valence-corrected chi connectivity index (χ0v) is 14.7. The average molecular weight is 316 g/mol. The summed E-state index contributed by atoms with van der Waals surface area (Å²) in [7, 11) is 2.11. The van der Waals surface area contributed by atoms with Gasteiger partial charge in [0, 0.05) is 22.4 Å². The highest BCUT2D eigenvalue weighted by molar-refractivity contribution is 6.09. The number of hydrogen-bond acceptors (Lipinski definition) is 1. The van der Waals surface area contributed by atoms with E-state index >= 15 is 0 Å². The van der Waals surface area contributed by atoms with E-state index in [1.165, 1.54) is 38.7 Å². The van der Waals surface area contributed by atoms with Crippen molar-refractivity contribution in [3.63, 3.8) is 0 Å². The number of para-hydroxylation sites is 1. The minimum atomic E-state index is 0.952. The third-order valence-electron chi connectivity index (χ3n) is 5.01. The van der Waals surface area contributed by atoms with Crippen molar-refractivity contribution in [3.8, 4) is 11.3 Å². The van der Waals surface area contributed by atoms with E-state index in [1.807, 2.05) is 12.1 Å². The van der Waals surface area contributed by atoms with E-state index < -0.39 is 0 Å². The number of rotatable bonds is 2. The maximum absolute atomic E-state index is 6.29. The van der Waals surface area contributed by atoms with E-state index in [-0.39, 0.29) is 0 Å².